The fourth-order valence-corrected chi connectivity index (χ4v) is 1.57. The molecule has 74 valence electrons. The third kappa shape index (κ3) is 7.97. The smallest absolute Gasteiger partial charge is 0.264 e. The van der Waals surface area contributed by atoms with Gasteiger partial charge >= 0.3 is 0 Å². The summed E-state index contributed by atoms with van der Waals surface area (Å²) in [5, 5.41) is 0. The quantitative estimate of drug-likeness (QED) is 0.614. The first-order valence-corrected chi connectivity index (χ1v) is 5.77. The first-order chi connectivity index (χ1) is 5.45. The van der Waals surface area contributed by atoms with Crippen molar-refractivity contribution in [3.63, 3.8) is 0 Å². The molecule has 0 aromatic carbocycles. The number of rotatable bonds is 6. The van der Waals surface area contributed by atoms with Crippen molar-refractivity contribution in [2.75, 3.05) is 5.75 Å². The summed E-state index contributed by atoms with van der Waals surface area (Å²) in [6, 6.07) is 0.0664. The largest absolute Gasteiger partial charge is 0.328 e. The van der Waals surface area contributed by atoms with Gasteiger partial charge in [-0.25, -0.2) is 0 Å². The van der Waals surface area contributed by atoms with Crippen molar-refractivity contribution in [3.8, 4) is 0 Å². The van der Waals surface area contributed by atoms with E-state index in [1.165, 1.54) is 0 Å². The van der Waals surface area contributed by atoms with Gasteiger partial charge < -0.3 is 5.73 Å². The molecule has 4 nitrogen and oxygen atoms in total. The van der Waals surface area contributed by atoms with Gasteiger partial charge in [0.15, 0.2) is 0 Å². The Labute approximate surface area is 73.9 Å². The summed E-state index contributed by atoms with van der Waals surface area (Å²) in [7, 11) is -3.79. The Hall–Kier alpha value is -0.130. The van der Waals surface area contributed by atoms with E-state index in [1.54, 1.807) is 0 Å². The lowest BCUT2D eigenvalue weighted by Gasteiger charge is -2.08. The minimum Gasteiger partial charge on any atom is -0.328 e. The maximum absolute atomic E-state index is 10.3. The highest BCUT2D eigenvalue weighted by atomic mass is 32.2. The lowest BCUT2D eigenvalue weighted by atomic mass is 10.1. The van der Waals surface area contributed by atoms with E-state index in [-0.39, 0.29) is 11.8 Å². The summed E-state index contributed by atoms with van der Waals surface area (Å²) in [4.78, 5) is 0. The molecule has 0 aliphatic heterocycles. The number of nitrogens with two attached hydrogens (primary N) is 1. The Balaban J connectivity index is 3.44. The van der Waals surface area contributed by atoms with E-state index in [4.69, 9.17) is 10.3 Å². The molecule has 0 saturated carbocycles. The molecule has 0 fully saturated rings. The van der Waals surface area contributed by atoms with Crippen LogP contribution < -0.4 is 5.73 Å². The summed E-state index contributed by atoms with van der Waals surface area (Å²) < 4.78 is 29.0. The zero-order valence-electron chi connectivity index (χ0n) is 7.36. The molecule has 5 heteroatoms. The predicted octanol–water partition coefficient (Wildman–Crippen LogP) is 0.782. The molecule has 0 aromatic heterocycles. The molecule has 0 bridgehead atoms. The molecular weight excluding hydrogens is 178 g/mol. The van der Waals surface area contributed by atoms with Gasteiger partial charge in [-0.05, 0) is 19.3 Å². The molecule has 3 N–H and O–H groups in total. The first-order valence-electron chi connectivity index (χ1n) is 4.16. The molecule has 0 saturated heterocycles. The Kier molecular flexibility index (Phi) is 5.44. The average Bonchev–Trinajstić information content (AvgIpc) is 1.84. The van der Waals surface area contributed by atoms with Crippen LogP contribution in [0.1, 0.15) is 32.6 Å². The Morgan fingerprint density at radius 3 is 2.42 bits per heavy atom. The van der Waals surface area contributed by atoms with Crippen LogP contribution in [0.4, 0.5) is 0 Å². The summed E-state index contributed by atoms with van der Waals surface area (Å²) in [5.74, 6) is -0.176. The molecule has 1 unspecified atom stereocenters. The van der Waals surface area contributed by atoms with Crippen LogP contribution >= 0.6 is 0 Å². The summed E-state index contributed by atoms with van der Waals surface area (Å²) in [5.41, 5.74) is 5.64. The zero-order valence-corrected chi connectivity index (χ0v) is 8.18. The van der Waals surface area contributed by atoms with Gasteiger partial charge in [0.1, 0.15) is 0 Å². The van der Waals surface area contributed by atoms with Gasteiger partial charge in [0.2, 0.25) is 0 Å². The molecule has 0 rings (SSSR count). The standard InChI is InChI=1S/C7H17NO3S/c1-2-4-7(8)5-3-6-12(9,10)11/h7H,2-6,8H2,1H3,(H,9,10,11). The highest BCUT2D eigenvalue weighted by Crippen LogP contribution is 2.02. The van der Waals surface area contributed by atoms with Crippen LogP contribution in [0.5, 0.6) is 0 Å². The molecule has 0 aromatic rings. The molecule has 0 aliphatic carbocycles. The zero-order chi connectivity index (χ0) is 9.61. The molecular formula is C7H17NO3S. The van der Waals surface area contributed by atoms with E-state index in [0.29, 0.717) is 12.8 Å². The molecule has 0 spiro atoms. The van der Waals surface area contributed by atoms with Crippen LogP contribution in [0.2, 0.25) is 0 Å². The highest BCUT2D eigenvalue weighted by molar-refractivity contribution is 7.85. The molecule has 1 atom stereocenters. The van der Waals surface area contributed by atoms with Crippen molar-refractivity contribution in [1.29, 1.82) is 0 Å². The van der Waals surface area contributed by atoms with E-state index >= 15 is 0 Å². The van der Waals surface area contributed by atoms with Crippen molar-refractivity contribution >= 4 is 10.1 Å². The van der Waals surface area contributed by atoms with Gasteiger partial charge in [0.05, 0.1) is 5.75 Å². The minimum atomic E-state index is -3.79. The maximum Gasteiger partial charge on any atom is 0.264 e. The fraction of sp³-hybridized carbons (Fsp3) is 1.00. The van der Waals surface area contributed by atoms with Gasteiger partial charge in [-0.2, -0.15) is 8.42 Å². The minimum absolute atomic E-state index is 0.0664. The second-order valence-electron chi connectivity index (χ2n) is 2.98. The van der Waals surface area contributed by atoms with Crippen molar-refractivity contribution in [2.24, 2.45) is 5.73 Å². The van der Waals surface area contributed by atoms with Crippen molar-refractivity contribution in [2.45, 2.75) is 38.6 Å². The monoisotopic (exact) mass is 195 g/mol. The Morgan fingerprint density at radius 1 is 1.42 bits per heavy atom. The number of hydrogen-bond acceptors (Lipinski definition) is 3. The van der Waals surface area contributed by atoms with Gasteiger partial charge in [-0.15, -0.1) is 0 Å². The van der Waals surface area contributed by atoms with E-state index in [0.717, 1.165) is 12.8 Å². The summed E-state index contributed by atoms with van der Waals surface area (Å²) in [6.45, 7) is 2.03. The SMILES string of the molecule is CCCC(N)CCCS(=O)(=O)O. The second-order valence-corrected chi connectivity index (χ2v) is 4.55. The van der Waals surface area contributed by atoms with E-state index in [2.05, 4.69) is 0 Å². The molecule has 12 heavy (non-hydrogen) atoms. The number of hydrogen-bond donors (Lipinski definition) is 2. The molecule has 0 amide bonds. The Bertz CT molecular complexity index is 201. The predicted molar refractivity (Wildman–Crippen MR) is 48.5 cm³/mol. The van der Waals surface area contributed by atoms with E-state index in [1.807, 2.05) is 6.92 Å². The molecule has 0 radical (unpaired) electrons. The van der Waals surface area contributed by atoms with Gasteiger partial charge in [-0.3, -0.25) is 4.55 Å². The average molecular weight is 195 g/mol. The maximum atomic E-state index is 10.3. The lowest BCUT2D eigenvalue weighted by Crippen LogP contribution is -2.20. The van der Waals surface area contributed by atoms with Gasteiger partial charge in [0, 0.05) is 6.04 Å². The van der Waals surface area contributed by atoms with Crippen LogP contribution in [-0.4, -0.2) is 24.8 Å². The molecule has 0 aliphatic rings. The molecule has 0 heterocycles. The Morgan fingerprint density at radius 2 is 2.00 bits per heavy atom. The van der Waals surface area contributed by atoms with Crippen molar-refractivity contribution < 1.29 is 13.0 Å². The van der Waals surface area contributed by atoms with Gasteiger partial charge in [-0.1, -0.05) is 13.3 Å². The second kappa shape index (κ2) is 5.50. The van der Waals surface area contributed by atoms with Crippen LogP contribution in [0, 0.1) is 0 Å². The fourth-order valence-electron chi connectivity index (χ4n) is 1.04. The van der Waals surface area contributed by atoms with Gasteiger partial charge in [0.25, 0.3) is 10.1 Å². The lowest BCUT2D eigenvalue weighted by molar-refractivity contribution is 0.475. The van der Waals surface area contributed by atoms with Crippen LogP contribution in [0.25, 0.3) is 0 Å². The first kappa shape index (κ1) is 11.9. The summed E-state index contributed by atoms with van der Waals surface area (Å²) in [6.07, 6.45) is 3.02. The third-order valence-corrected chi connectivity index (χ3v) is 2.44. The van der Waals surface area contributed by atoms with E-state index < -0.39 is 10.1 Å². The van der Waals surface area contributed by atoms with Crippen molar-refractivity contribution in [3.05, 3.63) is 0 Å². The van der Waals surface area contributed by atoms with E-state index in [9.17, 15) is 8.42 Å². The topological polar surface area (TPSA) is 80.4 Å². The van der Waals surface area contributed by atoms with Crippen LogP contribution in [0.15, 0.2) is 0 Å². The summed E-state index contributed by atoms with van der Waals surface area (Å²) >= 11 is 0. The highest BCUT2D eigenvalue weighted by Gasteiger charge is 2.06. The third-order valence-electron chi connectivity index (χ3n) is 1.64. The van der Waals surface area contributed by atoms with Crippen molar-refractivity contribution in [1.82, 2.24) is 0 Å². The van der Waals surface area contributed by atoms with Crippen LogP contribution in [0.3, 0.4) is 0 Å². The van der Waals surface area contributed by atoms with Crippen LogP contribution in [-0.2, 0) is 10.1 Å². The normalized spacial score (nSPS) is 14.6.